The Hall–Kier alpha value is -2.07. The average molecular weight is 300 g/mol. The molecule has 1 amide bonds. The van der Waals surface area contributed by atoms with E-state index >= 15 is 0 Å². The number of hydrogen-bond acceptors (Lipinski definition) is 6. The molecule has 2 rings (SSSR count). The number of hydrogen-bond donors (Lipinski definition) is 2. The zero-order valence-electron chi connectivity index (χ0n) is 10.3. The largest absolute Gasteiger partial charge is 0.476 e. The summed E-state index contributed by atoms with van der Waals surface area (Å²) in [5.74, 6) is -2.61. The van der Waals surface area contributed by atoms with Crippen LogP contribution in [-0.4, -0.2) is 47.7 Å². The van der Waals surface area contributed by atoms with Crippen LogP contribution in [0.2, 0.25) is 0 Å². The number of nitrogens with zero attached hydrogens (tertiary/aromatic N) is 3. The molecule has 1 saturated heterocycles. The summed E-state index contributed by atoms with van der Waals surface area (Å²) in [6.07, 6.45) is 2.45. The highest BCUT2D eigenvalue weighted by molar-refractivity contribution is 7.89. The minimum absolute atomic E-state index is 0.0218. The third kappa shape index (κ3) is 3.08. The molecule has 0 spiro atoms. The summed E-state index contributed by atoms with van der Waals surface area (Å²) in [6.45, 7) is 0.0498. The molecule has 1 fully saturated rings. The highest BCUT2D eigenvalue weighted by Crippen LogP contribution is 2.25. The number of amides is 1. The quantitative estimate of drug-likeness (QED) is 0.711. The molecular weight excluding hydrogens is 288 g/mol. The summed E-state index contributed by atoms with van der Waals surface area (Å²) in [7, 11) is -3.69. The zero-order valence-corrected chi connectivity index (χ0v) is 11.1. The molecule has 10 heteroatoms. The van der Waals surface area contributed by atoms with Crippen LogP contribution in [0.1, 0.15) is 16.9 Å². The number of aromatic carboxylic acids is 1. The van der Waals surface area contributed by atoms with E-state index in [1.54, 1.807) is 0 Å². The minimum Gasteiger partial charge on any atom is -0.476 e. The lowest BCUT2D eigenvalue weighted by molar-refractivity contribution is -0.117. The topological polar surface area (TPSA) is 144 Å². The van der Waals surface area contributed by atoms with Gasteiger partial charge in [-0.3, -0.25) is 9.69 Å². The Labute approximate surface area is 114 Å². The van der Waals surface area contributed by atoms with Gasteiger partial charge < -0.3 is 5.11 Å². The van der Waals surface area contributed by atoms with Gasteiger partial charge in [-0.25, -0.2) is 28.3 Å². The minimum atomic E-state index is -3.69. The number of nitrogens with two attached hydrogens (primary N) is 1. The molecule has 108 valence electrons. The lowest BCUT2D eigenvalue weighted by atomic mass is 10.1. The fourth-order valence-electron chi connectivity index (χ4n) is 2.11. The number of carboxylic acids is 1. The molecule has 1 atom stereocenters. The van der Waals surface area contributed by atoms with Gasteiger partial charge in [-0.15, -0.1) is 0 Å². The first kappa shape index (κ1) is 14.3. The molecule has 0 bridgehead atoms. The predicted octanol–water partition coefficient (Wildman–Crippen LogP) is -1.18. The molecule has 1 aromatic rings. The summed E-state index contributed by atoms with van der Waals surface area (Å²) in [6, 6.07) is 0. The van der Waals surface area contributed by atoms with E-state index in [2.05, 4.69) is 9.97 Å². The number of primary sulfonamides is 1. The van der Waals surface area contributed by atoms with Crippen LogP contribution in [-0.2, 0) is 14.8 Å². The van der Waals surface area contributed by atoms with Crippen molar-refractivity contribution in [2.24, 2.45) is 11.1 Å². The smallest absolute Gasteiger partial charge is 0.358 e. The first-order valence-electron chi connectivity index (χ1n) is 5.63. The van der Waals surface area contributed by atoms with E-state index in [1.165, 1.54) is 12.4 Å². The van der Waals surface area contributed by atoms with Crippen LogP contribution in [0.25, 0.3) is 0 Å². The number of carboxylic acid groups (broad SMARTS) is 1. The highest BCUT2D eigenvalue weighted by Gasteiger charge is 2.35. The van der Waals surface area contributed by atoms with Crippen molar-refractivity contribution >= 4 is 27.7 Å². The van der Waals surface area contributed by atoms with Gasteiger partial charge in [0, 0.05) is 31.3 Å². The van der Waals surface area contributed by atoms with Gasteiger partial charge in [0.2, 0.25) is 15.9 Å². The van der Waals surface area contributed by atoms with E-state index in [9.17, 15) is 18.0 Å². The van der Waals surface area contributed by atoms with Crippen LogP contribution in [0, 0.1) is 5.92 Å². The van der Waals surface area contributed by atoms with Gasteiger partial charge in [0.25, 0.3) is 0 Å². The number of carbonyl (C=O) groups excluding carboxylic acids is 1. The normalized spacial score (nSPS) is 19.4. The Morgan fingerprint density at radius 3 is 2.70 bits per heavy atom. The Kier molecular flexibility index (Phi) is 3.68. The molecule has 1 aromatic heterocycles. The molecule has 20 heavy (non-hydrogen) atoms. The van der Waals surface area contributed by atoms with Crippen LogP contribution in [0.15, 0.2) is 12.4 Å². The molecule has 3 N–H and O–H groups in total. The van der Waals surface area contributed by atoms with Crippen molar-refractivity contribution in [1.29, 1.82) is 0 Å². The first-order valence-corrected chi connectivity index (χ1v) is 7.34. The number of aromatic nitrogens is 2. The number of rotatable bonds is 4. The van der Waals surface area contributed by atoms with Crippen LogP contribution >= 0.6 is 0 Å². The standard InChI is InChI=1S/C10H12N4O5S/c11-20(18,19)5-6-3-7(15)14(4-6)9-8(10(16)17)12-1-2-13-9/h1-2,6H,3-5H2,(H,16,17)(H2,11,18,19). The van der Waals surface area contributed by atoms with Gasteiger partial charge >= 0.3 is 5.97 Å². The van der Waals surface area contributed by atoms with Gasteiger partial charge in [-0.1, -0.05) is 0 Å². The molecule has 0 aromatic carbocycles. The highest BCUT2D eigenvalue weighted by atomic mass is 32.2. The van der Waals surface area contributed by atoms with Gasteiger partial charge in [-0.05, 0) is 0 Å². The lowest BCUT2D eigenvalue weighted by Crippen LogP contribution is -2.29. The molecule has 0 aliphatic carbocycles. The van der Waals surface area contributed by atoms with E-state index in [1.807, 2.05) is 0 Å². The summed E-state index contributed by atoms with van der Waals surface area (Å²) >= 11 is 0. The molecule has 0 saturated carbocycles. The molecule has 0 radical (unpaired) electrons. The molecular formula is C10H12N4O5S. The molecule has 1 aliphatic rings. The van der Waals surface area contributed by atoms with E-state index in [-0.39, 0.29) is 30.2 Å². The van der Waals surface area contributed by atoms with Crippen LogP contribution in [0.5, 0.6) is 0 Å². The Morgan fingerprint density at radius 2 is 2.10 bits per heavy atom. The first-order chi connectivity index (χ1) is 9.28. The Morgan fingerprint density at radius 1 is 1.45 bits per heavy atom. The summed E-state index contributed by atoms with van der Waals surface area (Å²) in [5.41, 5.74) is -0.350. The molecule has 1 unspecified atom stereocenters. The van der Waals surface area contributed by atoms with Crippen LogP contribution in [0.4, 0.5) is 5.82 Å². The van der Waals surface area contributed by atoms with E-state index in [0.29, 0.717) is 0 Å². The SMILES string of the molecule is NS(=O)(=O)CC1CC(=O)N(c2nccnc2C(=O)O)C1. The van der Waals surface area contributed by atoms with Gasteiger partial charge in [0.1, 0.15) is 0 Å². The van der Waals surface area contributed by atoms with Crippen molar-refractivity contribution in [3.05, 3.63) is 18.1 Å². The molecule has 2 heterocycles. The van der Waals surface area contributed by atoms with Crippen molar-refractivity contribution in [1.82, 2.24) is 9.97 Å². The Bertz CT molecular complexity index is 659. The number of carbonyl (C=O) groups is 2. The second-order valence-electron chi connectivity index (χ2n) is 4.44. The monoisotopic (exact) mass is 300 g/mol. The van der Waals surface area contributed by atoms with Crippen molar-refractivity contribution in [3.8, 4) is 0 Å². The second-order valence-corrected chi connectivity index (χ2v) is 6.10. The maximum atomic E-state index is 11.9. The summed E-state index contributed by atoms with van der Waals surface area (Å²) in [4.78, 5) is 31.5. The fourth-order valence-corrected chi connectivity index (χ4v) is 2.99. The van der Waals surface area contributed by atoms with Crippen LogP contribution < -0.4 is 10.0 Å². The van der Waals surface area contributed by atoms with Crippen molar-refractivity contribution in [3.63, 3.8) is 0 Å². The maximum absolute atomic E-state index is 11.9. The van der Waals surface area contributed by atoms with Crippen LogP contribution in [0.3, 0.4) is 0 Å². The lowest BCUT2D eigenvalue weighted by Gasteiger charge is -2.16. The molecule has 1 aliphatic heterocycles. The van der Waals surface area contributed by atoms with Gasteiger partial charge in [0.05, 0.1) is 5.75 Å². The van der Waals surface area contributed by atoms with E-state index < -0.39 is 27.8 Å². The van der Waals surface area contributed by atoms with E-state index in [0.717, 1.165) is 4.90 Å². The number of sulfonamides is 1. The summed E-state index contributed by atoms with van der Waals surface area (Å²) in [5, 5.41) is 14.0. The third-order valence-corrected chi connectivity index (χ3v) is 3.75. The van der Waals surface area contributed by atoms with Crippen molar-refractivity contribution in [2.45, 2.75) is 6.42 Å². The number of anilines is 1. The van der Waals surface area contributed by atoms with Gasteiger partial charge in [0.15, 0.2) is 11.5 Å². The van der Waals surface area contributed by atoms with E-state index in [4.69, 9.17) is 10.2 Å². The maximum Gasteiger partial charge on any atom is 0.358 e. The van der Waals surface area contributed by atoms with Crippen molar-refractivity contribution in [2.75, 3.05) is 17.2 Å². The predicted molar refractivity (Wildman–Crippen MR) is 67.4 cm³/mol. The fraction of sp³-hybridized carbons (Fsp3) is 0.400. The average Bonchev–Trinajstić information content (AvgIpc) is 2.67. The summed E-state index contributed by atoms with van der Waals surface area (Å²) < 4.78 is 22.1. The second kappa shape index (κ2) is 5.13. The zero-order chi connectivity index (χ0) is 14.9. The molecule has 9 nitrogen and oxygen atoms in total. The van der Waals surface area contributed by atoms with Gasteiger partial charge in [-0.2, -0.15) is 0 Å². The Balaban J connectivity index is 2.27. The third-order valence-electron chi connectivity index (χ3n) is 2.81. The van der Waals surface area contributed by atoms with Crippen molar-refractivity contribution < 1.29 is 23.1 Å².